The van der Waals surface area contributed by atoms with Crippen molar-refractivity contribution in [1.82, 2.24) is 15.0 Å². The third-order valence-electron chi connectivity index (χ3n) is 2.13. The van der Waals surface area contributed by atoms with Crippen molar-refractivity contribution in [2.45, 2.75) is 6.10 Å². The largest absolute Gasteiger partial charge is 0.368 e. The molecule has 1 saturated heterocycles. The van der Waals surface area contributed by atoms with E-state index < -0.39 is 0 Å². The number of aromatic amines is 1. The first-order valence-electron chi connectivity index (χ1n) is 3.95. The molecule has 0 unspecified atom stereocenters. The fourth-order valence-electron chi connectivity index (χ4n) is 1.43. The molecule has 1 aliphatic rings. The summed E-state index contributed by atoms with van der Waals surface area (Å²) in [6.07, 6.45) is 3.50. The summed E-state index contributed by atoms with van der Waals surface area (Å²) in [5.74, 6) is 0. The van der Waals surface area contributed by atoms with Crippen LogP contribution in [0.1, 0.15) is 11.7 Å². The van der Waals surface area contributed by atoms with E-state index in [0.29, 0.717) is 5.15 Å². The van der Waals surface area contributed by atoms with Gasteiger partial charge >= 0.3 is 0 Å². The molecule has 1 atom stereocenters. The first-order chi connectivity index (χ1) is 6.36. The molecule has 0 bridgehead atoms. The molecule has 0 saturated carbocycles. The molecule has 0 spiro atoms. The molecule has 1 fully saturated rings. The van der Waals surface area contributed by atoms with Gasteiger partial charge in [-0.3, -0.25) is 0 Å². The summed E-state index contributed by atoms with van der Waals surface area (Å²) in [4.78, 5) is 11.0. The number of hydrogen-bond donors (Lipinski definition) is 1. The Morgan fingerprint density at radius 2 is 2.38 bits per heavy atom. The molecule has 4 nitrogen and oxygen atoms in total. The highest BCUT2D eigenvalue weighted by molar-refractivity contribution is 6.34. The van der Waals surface area contributed by atoms with E-state index in [0.717, 1.165) is 23.2 Å². The zero-order valence-corrected chi connectivity index (χ0v) is 7.38. The number of hydrogen-bond acceptors (Lipinski definition) is 3. The van der Waals surface area contributed by atoms with E-state index in [1.165, 1.54) is 6.33 Å². The quantitative estimate of drug-likeness (QED) is 0.557. The van der Waals surface area contributed by atoms with Crippen LogP contribution in [0.4, 0.5) is 0 Å². The maximum atomic E-state index is 5.95. The highest BCUT2D eigenvalue weighted by Gasteiger charge is 2.28. The second-order valence-corrected chi connectivity index (χ2v) is 3.31. The van der Waals surface area contributed by atoms with Crippen molar-refractivity contribution in [2.75, 3.05) is 6.61 Å². The number of ether oxygens (including phenoxy) is 1. The third kappa shape index (κ3) is 1.03. The molecular weight excluding hydrogens is 190 g/mol. The van der Waals surface area contributed by atoms with Crippen LogP contribution in [0, 0.1) is 0 Å². The first-order valence-corrected chi connectivity index (χ1v) is 4.33. The first kappa shape index (κ1) is 7.29. The fraction of sp³-hybridized carbons (Fsp3) is 0.250. The Hall–Kier alpha value is -1.13. The number of rotatable bonds is 1. The Labute approximate surface area is 78.9 Å². The molecule has 2 aromatic rings. The molecule has 2 aromatic heterocycles. The van der Waals surface area contributed by atoms with Crippen LogP contribution < -0.4 is 0 Å². The van der Waals surface area contributed by atoms with Crippen LogP contribution >= 0.6 is 11.6 Å². The molecule has 1 aliphatic heterocycles. The van der Waals surface area contributed by atoms with E-state index >= 15 is 0 Å². The van der Waals surface area contributed by atoms with Gasteiger partial charge in [0.15, 0.2) is 0 Å². The average molecular weight is 196 g/mol. The lowest BCUT2D eigenvalue weighted by Crippen LogP contribution is -1.83. The normalized spacial score (nSPS) is 20.8. The Kier molecular flexibility index (Phi) is 1.36. The molecule has 13 heavy (non-hydrogen) atoms. The van der Waals surface area contributed by atoms with Crippen LogP contribution in [0.15, 0.2) is 12.5 Å². The second kappa shape index (κ2) is 2.43. The summed E-state index contributed by atoms with van der Waals surface area (Å²) in [5.41, 5.74) is 1.83. The van der Waals surface area contributed by atoms with Gasteiger partial charge in [0.1, 0.15) is 23.2 Å². The van der Waals surface area contributed by atoms with Gasteiger partial charge in [0.2, 0.25) is 0 Å². The summed E-state index contributed by atoms with van der Waals surface area (Å²) in [7, 11) is 0. The Morgan fingerprint density at radius 1 is 1.54 bits per heavy atom. The minimum atomic E-state index is 0.178. The fourth-order valence-corrected chi connectivity index (χ4v) is 1.67. The van der Waals surface area contributed by atoms with Gasteiger partial charge in [-0.2, -0.15) is 0 Å². The lowest BCUT2D eigenvalue weighted by atomic mass is 10.2. The second-order valence-electron chi connectivity index (χ2n) is 2.95. The number of aromatic nitrogens is 3. The molecule has 1 N–H and O–H groups in total. The maximum absolute atomic E-state index is 5.95. The van der Waals surface area contributed by atoms with Crippen LogP contribution in [-0.4, -0.2) is 21.6 Å². The van der Waals surface area contributed by atoms with Crippen LogP contribution in [-0.2, 0) is 4.74 Å². The Bertz CT molecular complexity index is 463. The molecule has 5 heteroatoms. The van der Waals surface area contributed by atoms with Crippen LogP contribution in [0.25, 0.3) is 11.0 Å². The van der Waals surface area contributed by atoms with Gasteiger partial charge in [-0.15, -0.1) is 0 Å². The molecular formula is C8H6ClN3O. The molecule has 66 valence electrons. The summed E-state index contributed by atoms with van der Waals surface area (Å²) < 4.78 is 5.18. The van der Waals surface area contributed by atoms with Crippen molar-refractivity contribution >= 4 is 22.6 Å². The lowest BCUT2D eigenvalue weighted by Gasteiger charge is -1.93. The van der Waals surface area contributed by atoms with E-state index in [1.807, 2.05) is 6.20 Å². The van der Waals surface area contributed by atoms with Gasteiger partial charge in [0.25, 0.3) is 0 Å². The summed E-state index contributed by atoms with van der Waals surface area (Å²) >= 11 is 5.95. The van der Waals surface area contributed by atoms with Gasteiger partial charge < -0.3 is 9.72 Å². The minimum Gasteiger partial charge on any atom is -0.368 e. The minimum absolute atomic E-state index is 0.178. The standard InChI is InChI=1S/C8H6ClN3O/c9-7-6-4(5-2-13-5)1-10-8(6)12-3-11-7/h1,3,5H,2H2,(H,10,11,12)/t5-/m1/s1. The van der Waals surface area contributed by atoms with E-state index in [9.17, 15) is 0 Å². The zero-order valence-electron chi connectivity index (χ0n) is 6.62. The van der Waals surface area contributed by atoms with Crippen molar-refractivity contribution in [3.8, 4) is 0 Å². The smallest absolute Gasteiger partial charge is 0.142 e. The van der Waals surface area contributed by atoms with Crippen molar-refractivity contribution in [3.63, 3.8) is 0 Å². The average Bonchev–Trinajstić information content (AvgIpc) is 2.87. The van der Waals surface area contributed by atoms with Crippen molar-refractivity contribution in [1.29, 1.82) is 0 Å². The van der Waals surface area contributed by atoms with E-state index in [2.05, 4.69) is 15.0 Å². The Balaban J connectivity index is 2.34. The van der Waals surface area contributed by atoms with Gasteiger partial charge in [-0.1, -0.05) is 11.6 Å². The van der Waals surface area contributed by atoms with Crippen molar-refractivity contribution in [3.05, 3.63) is 23.2 Å². The van der Waals surface area contributed by atoms with Gasteiger partial charge in [-0.05, 0) is 0 Å². The molecule has 3 heterocycles. The number of epoxide rings is 1. The summed E-state index contributed by atoms with van der Waals surface area (Å²) in [6.45, 7) is 0.762. The monoisotopic (exact) mass is 195 g/mol. The zero-order chi connectivity index (χ0) is 8.84. The number of halogens is 1. The van der Waals surface area contributed by atoms with E-state index in [4.69, 9.17) is 16.3 Å². The maximum Gasteiger partial charge on any atom is 0.142 e. The molecule has 0 amide bonds. The SMILES string of the molecule is Clc1ncnc2[nH]cc([C@H]3CO3)c12. The van der Waals surface area contributed by atoms with Gasteiger partial charge in [0.05, 0.1) is 12.0 Å². The molecule has 0 aliphatic carbocycles. The topological polar surface area (TPSA) is 54.1 Å². The number of nitrogens with zero attached hydrogens (tertiary/aromatic N) is 2. The Morgan fingerprint density at radius 3 is 3.15 bits per heavy atom. The lowest BCUT2D eigenvalue weighted by molar-refractivity contribution is 0.417. The number of nitrogens with one attached hydrogen (secondary N) is 1. The van der Waals surface area contributed by atoms with Gasteiger partial charge in [-0.25, -0.2) is 9.97 Å². The van der Waals surface area contributed by atoms with Crippen LogP contribution in [0.3, 0.4) is 0 Å². The summed E-state index contributed by atoms with van der Waals surface area (Å²) in [6, 6.07) is 0. The number of H-pyrrole nitrogens is 1. The predicted octanol–water partition coefficient (Wildman–Crippen LogP) is 1.68. The molecule has 0 radical (unpaired) electrons. The predicted molar refractivity (Wildman–Crippen MR) is 47.6 cm³/mol. The summed E-state index contributed by atoms with van der Waals surface area (Å²) in [5, 5.41) is 1.36. The van der Waals surface area contributed by atoms with E-state index in [-0.39, 0.29) is 6.10 Å². The van der Waals surface area contributed by atoms with Crippen LogP contribution in [0.2, 0.25) is 5.15 Å². The van der Waals surface area contributed by atoms with Crippen molar-refractivity contribution < 1.29 is 4.74 Å². The van der Waals surface area contributed by atoms with Crippen molar-refractivity contribution in [2.24, 2.45) is 0 Å². The number of fused-ring (bicyclic) bond motifs is 1. The van der Waals surface area contributed by atoms with E-state index in [1.54, 1.807) is 0 Å². The highest BCUT2D eigenvalue weighted by Crippen LogP contribution is 2.36. The van der Waals surface area contributed by atoms with Gasteiger partial charge in [0, 0.05) is 11.8 Å². The van der Waals surface area contributed by atoms with Crippen LogP contribution in [0.5, 0.6) is 0 Å². The molecule has 3 rings (SSSR count). The molecule has 0 aromatic carbocycles. The highest BCUT2D eigenvalue weighted by atomic mass is 35.5. The third-order valence-corrected chi connectivity index (χ3v) is 2.42.